The summed E-state index contributed by atoms with van der Waals surface area (Å²) in [5.41, 5.74) is 0. The first-order chi connectivity index (χ1) is 7.04. The van der Waals surface area contributed by atoms with Gasteiger partial charge in [0.25, 0.3) is 0 Å². The number of carbonyl (C=O) groups excluding carboxylic acids is 1. The molecule has 0 aromatic heterocycles. The fraction of sp³-hybridized carbons (Fsp3) is 0.222. The highest BCUT2D eigenvalue weighted by atomic mass is 19.1. The summed E-state index contributed by atoms with van der Waals surface area (Å²) >= 11 is 0. The van der Waals surface area contributed by atoms with E-state index in [4.69, 9.17) is 0 Å². The van der Waals surface area contributed by atoms with E-state index in [1.807, 2.05) is 0 Å². The van der Waals surface area contributed by atoms with E-state index in [-0.39, 0.29) is 6.61 Å². The zero-order chi connectivity index (χ0) is 11.4. The second kappa shape index (κ2) is 4.68. The fourth-order valence-electron chi connectivity index (χ4n) is 0.857. The topological polar surface area (TPSA) is 35.5 Å². The van der Waals surface area contributed by atoms with Crippen LogP contribution in [-0.4, -0.2) is 12.8 Å². The molecule has 3 nitrogen and oxygen atoms in total. The summed E-state index contributed by atoms with van der Waals surface area (Å²) in [5, 5.41) is 0. The second-order valence-corrected chi connectivity index (χ2v) is 2.48. The van der Waals surface area contributed by atoms with Crippen LogP contribution in [0.25, 0.3) is 0 Å². The van der Waals surface area contributed by atoms with Crippen molar-refractivity contribution in [1.29, 1.82) is 0 Å². The molecule has 1 rings (SSSR count). The molecule has 0 atom stereocenters. The van der Waals surface area contributed by atoms with E-state index >= 15 is 0 Å². The maximum absolute atomic E-state index is 12.9. The number of rotatable bonds is 2. The van der Waals surface area contributed by atoms with E-state index in [9.17, 15) is 18.0 Å². The molecule has 0 fully saturated rings. The molecule has 0 spiro atoms. The maximum atomic E-state index is 12.9. The van der Waals surface area contributed by atoms with Crippen LogP contribution in [0.5, 0.6) is 5.75 Å². The molecule has 6 heteroatoms. The second-order valence-electron chi connectivity index (χ2n) is 2.48. The van der Waals surface area contributed by atoms with E-state index in [1.54, 1.807) is 0 Å². The monoisotopic (exact) mass is 220 g/mol. The van der Waals surface area contributed by atoms with E-state index in [0.29, 0.717) is 12.1 Å². The van der Waals surface area contributed by atoms with Crippen molar-refractivity contribution in [3.63, 3.8) is 0 Å². The molecule has 0 aliphatic rings. The van der Waals surface area contributed by atoms with Crippen LogP contribution in [0.15, 0.2) is 12.1 Å². The molecule has 0 radical (unpaired) electrons. The van der Waals surface area contributed by atoms with Crippen molar-refractivity contribution in [3.8, 4) is 5.75 Å². The first-order valence-corrected chi connectivity index (χ1v) is 4.03. The number of carbonyl (C=O) groups is 1. The van der Waals surface area contributed by atoms with Crippen molar-refractivity contribution in [2.75, 3.05) is 6.61 Å². The van der Waals surface area contributed by atoms with Crippen LogP contribution in [0.4, 0.5) is 18.0 Å². The predicted molar refractivity (Wildman–Crippen MR) is 44.0 cm³/mol. The normalized spacial score (nSPS) is 9.87. The minimum Gasteiger partial charge on any atom is -0.434 e. The van der Waals surface area contributed by atoms with Gasteiger partial charge in [0.05, 0.1) is 6.61 Å². The highest BCUT2D eigenvalue weighted by Crippen LogP contribution is 2.22. The predicted octanol–water partition coefficient (Wildman–Crippen LogP) is 2.64. The Hall–Kier alpha value is -1.72. The lowest BCUT2D eigenvalue weighted by molar-refractivity contribution is 0.101. The highest BCUT2D eigenvalue weighted by Gasteiger charge is 2.16. The SMILES string of the molecule is CCOC(=O)Oc1c(F)cc(F)cc1F. The lowest BCUT2D eigenvalue weighted by Crippen LogP contribution is -2.12. The highest BCUT2D eigenvalue weighted by molar-refractivity contribution is 5.63. The minimum absolute atomic E-state index is 0.00324. The Morgan fingerprint density at radius 1 is 1.27 bits per heavy atom. The molecular formula is C9H7F3O3. The van der Waals surface area contributed by atoms with Crippen molar-refractivity contribution in [1.82, 2.24) is 0 Å². The first-order valence-electron chi connectivity index (χ1n) is 4.03. The molecule has 0 amide bonds. The molecule has 0 heterocycles. The molecule has 15 heavy (non-hydrogen) atoms. The average molecular weight is 220 g/mol. The van der Waals surface area contributed by atoms with E-state index < -0.39 is 29.4 Å². The van der Waals surface area contributed by atoms with Gasteiger partial charge in [0.1, 0.15) is 5.82 Å². The third-order valence-corrected chi connectivity index (χ3v) is 1.41. The molecule has 0 bridgehead atoms. The number of benzene rings is 1. The molecule has 0 unspecified atom stereocenters. The number of halogens is 3. The summed E-state index contributed by atoms with van der Waals surface area (Å²) in [7, 11) is 0. The van der Waals surface area contributed by atoms with E-state index in [0.717, 1.165) is 0 Å². The zero-order valence-corrected chi connectivity index (χ0v) is 7.72. The Morgan fingerprint density at radius 2 is 1.80 bits per heavy atom. The first kappa shape index (κ1) is 11.4. The van der Waals surface area contributed by atoms with Crippen LogP contribution in [0.2, 0.25) is 0 Å². The largest absolute Gasteiger partial charge is 0.514 e. The molecule has 0 aliphatic heterocycles. The summed E-state index contributed by atoms with van der Waals surface area (Å²) in [6.45, 7) is 1.50. The maximum Gasteiger partial charge on any atom is 0.514 e. The average Bonchev–Trinajstić information content (AvgIpc) is 2.11. The van der Waals surface area contributed by atoms with Gasteiger partial charge in [-0.25, -0.2) is 18.0 Å². The van der Waals surface area contributed by atoms with E-state index in [1.165, 1.54) is 6.92 Å². The van der Waals surface area contributed by atoms with Crippen LogP contribution >= 0.6 is 0 Å². The van der Waals surface area contributed by atoms with Gasteiger partial charge in [0, 0.05) is 12.1 Å². The van der Waals surface area contributed by atoms with Crippen LogP contribution in [0.3, 0.4) is 0 Å². The Morgan fingerprint density at radius 3 is 2.27 bits per heavy atom. The summed E-state index contributed by atoms with van der Waals surface area (Å²) in [4.78, 5) is 10.7. The van der Waals surface area contributed by atoms with Gasteiger partial charge in [-0.2, -0.15) is 0 Å². The van der Waals surface area contributed by atoms with Gasteiger partial charge < -0.3 is 9.47 Å². The summed E-state index contributed by atoms with van der Waals surface area (Å²) in [6.07, 6.45) is -1.25. The minimum atomic E-state index is -1.31. The van der Waals surface area contributed by atoms with E-state index in [2.05, 4.69) is 9.47 Å². The quantitative estimate of drug-likeness (QED) is 0.567. The third-order valence-electron chi connectivity index (χ3n) is 1.41. The molecule has 1 aromatic carbocycles. The molecule has 0 N–H and O–H groups in total. The number of ether oxygens (including phenoxy) is 2. The van der Waals surface area contributed by atoms with Gasteiger partial charge in [0.2, 0.25) is 5.75 Å². The number of hydrogen-bond acceptors (Lipinski definition) is 3. The van der Waals surface area contributed by atoms with Crippen molar-refractivity contribution in [3.05, 3.63) is 29.6 Å². The number of hydrogen-bond donors (Lipinski definition) is 0. The smallest absolute Gasteiger partial charge is 0.434 e. The van der Waals surface area contributed by atoms with Gasteiger partial charge in [-0.1, -0.05) is 0 Å². The third kappa shape index (κ3) is 2.87. The Kier molecular flexibility index (Phi) is 3.54. The lowest BCUT2D eigenvalue weighted by Gasteiger charge is -2.05. The Labute approximate surface area is 83.4 Å². The fourth-order valence-corrected chi connectivity index (χ4v) is 0.857. The molecule has 0 saturated carbocycles. The zero-order valence-electron chi connectivity index (χ0n) is 7.72. The standard InChI is InChI=1S/C9H7F3O3/c1-2-14-9(13)15-8-6(11)3-5(10)4-7(8)12/h3-4H,2H2,1H3. The van der Waals surface area contributed by atoms with Crippen LogP contribution in [0, 0.1) is 17.5 Å². The van der Waals surface area contributed by atoms with Gasteiger partial charge >= 0.3 is 6.16 Å². The van der Waals surface area contributed by atoms with Crippen LogP contribution < -0.4 is 4.74 Å². The van der Waals surface area contributed by atoms with Gasteiger partial charge in [-0.05, 0) is 6.92 Å². The lowest BCUT2D eigenvalue weighted by atomic mass is 10.3. The molecule has 1 aromatic rings. The van der Waals surface area contributed by atoms with Crippen molar-refractivity contribution < 1.29 is 27.4 Å². The summed E-state index contributed by atoms with van der Waals surface area (Å²) in [5.74, 6) is -4.68. The molecular weight excluding hydrogens is 213 g/mol. The van der Waals surface area contributed by atoms with Gasteiger partial charge in [0.15, 0.2) is 11.6 Å². The molecule has 0 aliphatic carbocycles. The van der Waals surface area contributed by atoms with Crippen LogP contribution in [-0.2, 0) is 4.74 Å². The summed E-state index contributed by atoms with van der Waals surface area (Å²) < 4.78 is 46.7. The Balaban J connectivity index is 2.90. The van der Waals surface area contributed by atoms with Gasteiger partial charge in [-0.3, -0.25) is 0 Å². The molecule has 0 saturated heterocycles. The van der Waals surface area contributed by atoms with Crippen molar-refractivity contribution in [2.45, 2.75) is 6.92 Å². The van der Waals surface area contributed by atoms with Crippen LogP contribution in [0.1, 0.15) is 6.92 Å². The summed E-state index contributed by atoms with van der Waals surface area (Å²) in [6, 6.07) is 0.801. The van der Waals surface area contributed by atoms with Crippen molar-refractivity contribution >= 4 is 6.16 Å². The van der Waals surface area contributed by atoms with Crippen molar-refractivity contribution in [2.24, 2.45) is 0 Å². The Bertz CT molecular complexity index is 356. The molecule has 82 valence electrons. The van der Waals surface area contributed by atoms with Gasteiger partial charge in [-0.15, -0.1) is 0 Å².